The van der Waals surface area contributed by atoms with Crippen LogP contribution in [0, 0.1) is 0 Å². The lowest BCUT2D eigenvalue weighted by Gasteiger charge is -2.12. The van der Waals surface area contributed by atoms with Crippen LogP contribution < -0.4 is 11.1 Å². The molecule has 0 saturated heterocycles. The fourth-order valence-electron chi connectivity index (χ4n) is 0.887. The van der Waals surface area contributed by atoms with Gasteiger partial charge in [0, 0.05) is 6.54 Å². The molecule has 0 aliphatic carbocycles. The SMILES string of the molecule is N[C@H](C(=O)O)[C@H]1C=CCN1. The van der Waals surface area contributed by atoms with Crippen LogP contribution in [0.1, 0.15) is 0 Å². The lowest BCUT2D eigenvalue weighted by atomic mass is 10.1. The largest absolute Gasteiger partial charge is 0.480 e. The fourth-order valence-corrected chi connectivity index (χ4v) is 0.887. The van der Waals surface area contributed by atoms with E-state index in [1.165, 1.54) is 0 Å². The highest BCUT2D eigenvalue weighted by atomic mass is 16.4. The van der Waals surface area contributed by atoms with Crippen LogP contribution in [-0.4, -0.2) is 29.7 Å². The highest BCUT2D eigenvalue weighted by molar-refractivity contribution is 5.74. The molecule has 0 unspecified atom stereocenters. The molecule has 1 aliphatic heterocycles. The van der Waals surface area contributed by atoms with E-state index in [0.717, 1.165) is 0 Å². The van der Waals surface area contributed by atoms with Crippen LogP contribution in [0.4, 0.5) is 0 Å². The molecule has 0 amide bonds. The Morgan fingerprint density at radius 3 is 3.00 bits per heavy atom. The average molecular weight is 142 g/mol. The minimum absolute atomic E-state index is 0.197. The summed E-state index contributed by atoms with van der Waals surface area (Å²) in [6.07, 6.45) is 3.65. The summed E-state index contributed by atoms with van der Waals surface area (Å²) in [6.45, 7) is 0.714. The Morgan fingerprint density at radius 2 is 2.60 bits per heavy atom. The summed E-state index contributed by atoms with van der Waals surface area (Å²) in [6, 6.07) is -1.02. The molecule has 0 fully saturated rings. The number of carbonyl (C=O) groups is 1. The van der Waals surface area contributed by atoms with Crippen molar-refractivity contribution in [2.24, 2.45) is 5.73 Å². The topological polar surface area (TPSA) is 75.4 Å². The van der Waals surface area contributed by atoms with Gasteiger partial charge >= 0.3 is 5.97 Å². The van der Waals surface area contributed by atoms with E-state index in [9.17, 15) is 4.79 Å². The van der Waals surface area contributed by atoms with E-state index in [0.29, 0.717) is 6.54 Å². The van der Waals surface area contributed by atoms with E-state index in [1.54, 1.807) is 6.08 Å². The van der Waals surface area contributed by atoms with E-state index in [4.69, 9.17) is 10.8 Å². The Morgan fingerprint density at radius 1 is 1.90 bits per heavy atom. The number of rotatable bonds is 2. The maximum Gasteiger partial charge on any atom is 0.322 e. The highest BCUT2D eigenvalue weighted by Gasteiger charge is 2.22. The van der Waals surface area contributed by atoms with E-state index >= 15 is 0 Å². The zero-order valence-corrected chi connectivity index (χ0v) is 5.45. The highest BCUT2D eigenvalue weighted by Crippen LogP contribution is 1.98. The van der Waals surface area contributed by atoms with Gasteiger partial charge in [0.05, 0.1) is 6.04 Å². The molecular formula is C6H10N2O2. The van der Waals surface area contributed by atoms with E-state index in [-0.39, 0.29) is 6.04 Å². The van der Waals surface area contributed by atoms with Crippen molar-refractivity contribution in [3.05, 3.63) is 12.2 Å². The monoisotopic (exact) mass is 142 g/mol. The summed E-state index contributed by atoms with van der Waals surface area (Å²) < 4.78 is 0. The van der Waals surface area contributed by atoms with Gasteiger partial charge in [-0.3, -0.25) is 4.79 Å². The number of hydrogen-bond acceptors (Lipinski definition) is 3. The number of carboxylic acid groups (broad SMARTS) is 1. The molecule has 1 aliphatic rings. The standard InChI is InChI=1S/C6H10N2O2/c7-5(6(9)10)4-2-1-3-8-4/h1-2,4-5,8H,3,7H2,(H,9,10)/t4-,5+/m1/s1. The van der Waals surface area contributed by atoms with E-state index < -0.39 is 12.0 Å². The van der Waals surface area contributed by atoms with Crippen LogP contribution in [0.15, 0.2) is 12.2 Å². The molecule has 0 radical (unpaired) electrons. The van der Waals surface area contributed by atoms with Gasteiger partial charge in [-0.2, -0.15) is 0 Å². The molecular weight excluding hydrogens is 132 g/mol. The van der Waals surface area contributed by atoms with Gasteiger partial charge in [-0.1, -0.05) is 12.2 Å². The number of nitrogens with two attached hydrogens (primary N) is 1. The number of aliphatic carboxylic acids is 1. The van der Waals surface area contributed by atoms with Crippen LogP contribution >= 0.6 is 0 Å². The second-order valence-corrected chi connectivity index (χ2v) is 2.23. The Hall–Kier alpha value is -0.870. The lowest BCUT2D eigenvalue weighted by molar-refractivity contribution is -0.138. The van der Waals surface area contributed by atoms with Gasteiger partial charge in [0.2, 0.25) is 0 Å². The van der Waals surface area contributed by atoms with Crippen molar-refractivity contribution in [1.82, 2.24) is 5.32 Å². The van der Waals surface area contributed by atoms with Gasteiger partial charge in [0.1, 0.15) is 6.04 Å². The van der Waals surface area contributed by atoms with Crippen molar-refractivity contribution < 1.29 is 9.90 Å². The third-order valence-electron chi connectivity index (χ3n) is 1.49. The zero-order chi connectivity index (χ0) is 7.56. The van der Waals surface area contributed by atoms with Gasteiger partial charge in [0.25, 0.3) is 0 Å². The van der Waals surface area contributed by atoms with Crippen LogP contribution in [0.25, 0.3) is 0 Å². The summed E-state index contributed by atoms with van der Waals surface area (Å²) in [5.41, 5.74) is 5.31. The minimum atomic E-state index is -0.968. The molecule has 0 spiro atoms. The first-order chi connectivity index (χ1) is 4.72. The van der Waals surface area contributed by atoms with Gasteiger partial charge in [-0.05, 0) is 0 Å². The average Bonchev–Trinajstić information content (AvgIpc) is 2.36. The third-order valence-corrected chi connectivity index (χ3v) is 1.49. The Kier molecular flexibility index (Phi) is 2.03. The summed E-state index contributed by atoms with van der Waals surface area (Å²) in [4.78, 5) is 10.3. The number of carboxylic acids is 1. The van der Waals surface area contributed by atoms with Crippen LogP contribution in [0.3, 0.4) is 0 Å². The summed E-state index contributed by atoms with van der Waals surface area (Å²) >= 11 is 0. The van der Waals surface area contributed by atoms with Crippen molar-refractivity contribution >= 4 is 5.97 Å². The Labute approximate surface area is 58.7 Å². The van der Waals surface area contributed by atoms with Gasteiger partial charge in [0.15, 0.2) is 0 Å². The predicted octanol–water partition coefficient (Wildman–Crippen LogP) is -1.07. The zero-order valence-electron chi connectivity index (χ0n) is 5.45. The predicted molar refractivity (Wildman–Crippen MR) is 36.5 cm³/mol. The second kappa shape index (κ2) is 2.81. The molecule has 1 heterocycles. The molecule has 0 aromatic rings. The Bertz CT molecular complexity index is 167. The van der Waals surface area contributed by atoms with Crippen molar-refractivity contribution in [2.45, 2.75) is 12.1 Å². The maximum atomic E-state index is 10.3. The third kappa shape index (κ3) is 1.34. The van der Waals surface area contributed by atoms with Gasteiger partial charge in [-0.15, -0.1) is 0 Å². The quantitative estimate of drug-likeness (QED) is 0.429. The molecule has 0 aromatic carbocycles. The van der Waals surface area contributed by atoms with Crippen LogP contribution in [0.5, 0.6) is 0 Å². The first-order valence-corrected chi connectivity index (χ1v) is 3.10. The minimum Gasteiger partial charge on any atom is -0.480 e. The summed E-state index contributed by atoms with van der Waals surface area (Å²) in [7, 11) is 0. The fraction of sp³-hybridized carbons (Fsp3) is 0.500. The van der Waals surface area contributed by atoms with Crippen LogP contribution in [0.2, 0.25) is 0 Å². The number of nitrogens with one attached hydrogen (secondary N) is 1. The van der Waals surface area contributed by atoms with E-state index in [2.05, 4.69) is 5.32 Å². The van der Waals surface area contributed by atoms with E-state index in [1.807, 2.05) is 6.08 Å². The van der Waals surface area contributed by atoms with Crippen molar-refractivity contribution in [1.29, 1.82) is 0 Å². The molecule has 1 rings (SSSR count). The summed E-state index contributed by atoms with van der Waals surface area (Å²) in [5, 5.41) is 11.4. The molecule has 4 N–H and O–H groups in total. The molecule has 56 valence electrons. The Balaban J connectivity index is 2.48. The molecule has 4 nitrogen and oxygen atoms in total. The van der Waals surface area contributed by atoms with Crippen molar-refractivity contribution in [3.63, 3.8) is 0 Å². The first kappa shape index (κ1) is 7.24. The summed E-state index contributed by atoms with van der Waals surface area (Å²) in [5.74, 6) is -0.968. The normalized spacial score (nSPS) is 26.7. The van der Waals surface area contributed by atoms with Crippen LogP contribution in [-0.2, 0) is 4.79 Å². The van der Waals surface area contributed by atoms with Gasteiger partial charge < -0.3 is 16.2 Å². The van der Waals surface area contributed by atoms with Gasteiger partial charge in [-0.25, -0.2) is 0 Å². The molecule has 0 aromatic heterocycles. The molecule has 10 heavy (non-hydrogen) atoms. The lowest BCUT2D eigenvalue weighted by Crippen LogP contribution is -2.46. The second-order valence-electron chi connectivity index (χ2n) is 2.23. The molecule has 2 atom stereocenters. The van der Waals surface area contributed by atoms with Crippen molar-refractivity contribution in [2.75, 3.05) is 6.54 Å². The molecule has 0 bridgehead atoms. The number of hydrogen-bond donors (Lipinski definition) is 3. The molecule has 4 heteroatoms. The molecule has 0 saturated carbocycles. The first-order valence-electron chi connectivity index (χ1n) is 3.10. The smallest absolute Gasteiger partial charge is 0.322 e. The van der Waals surface area contributed by atoms with Crippen molar-refractivity contribution in [3.8, 4) is 0 Å². The maximum absolute atomic E-state index is 10.3.